The van der Waals surface area contributed by atoms with E-state index in [1.807, 2.05) is 6.07 Å². The molecule has 2 heterocycles. The number of rotatable bonds is 2. The molecule has 0 bridgehead atoms. The van der Waals surface area contributed by atoms with Gasteiger partial charge in [0.15, 0.2) is 5.01 Å². The van der Waals surface area contributed by atoms with Crippen molar-refractivity contribution in [1.82, 2.24) is 4.98 Å². The predicted molar refractivity (Wildman–Crippen MR) is 58.3 cm³/mol. The van der Waals surface area contributed by atoms with Crippen LogP contribution in [-0.2, 0) is 12.7 Å². The molecule has 0 aliphatic carbocycles. The number of hydrogen-bond donors (Lipinski definition) is 1. The molecule has 0 aliphatic heterocycles. The summed E-state index contributed by atoms with van der Waals surface area (Å²) in [4.78, 5) is 5.61. The van der Waals surface area contributed by atoms with Crippen LogP contribution in [0.15, 0.2) is 18.3 Å². The molecule has 0 radical (unpaired) electrons. The third-order valence-electron chi connectivity index (χ3n) is 1.85. The highest BCUT2D eigenvalue weighted by Crippen LogP contribution is 2.38. The maximum atomic E-state index is 12.3. The highest BCUT2D eigenvalue weighted by atomic mass is 32.1. The van der Waals surface area contributed by atoms with E-state index in [-0.39, 0.29) is 0 Å². The Bertz CT molecular complexity index is 487. The number of thiophene rings is 1. The van der Waals surface area contributed by atoms with Crippen LogP contribution in [0, 0.1) is 0 Å². The fourth-order valence-electron chi connectivity index (χ4n) is 1.14. The number of nitrogens with zero attached hydrogens (tertiary/aromatic N) is 1. The summed E-state index contributed by atoms with van der Waals surface area (Å²) >= 11 is 2.04. The third-order valence-corrected chi connectivity index (χ3v) is 4.20. The quantitative estimate of drug-likeness (QED) is 0.903. The molecule has 0 amide bonds. The SMILES string of the molecule is NCc1ccc(-c2cnc(C(F)(F)F)s2)s1. The van der Waals surface area contributed by atoms with E-state index >= 15 is 0 Å². The normalized spacial score (nSPS) is 12.0. The fourth-order valence-corrected chi connectivity index (χ4v) is 2.88. The average Bonchev–Trinajstić information content (AvgIpc) is 2.85. The zero-order chi connectivity index (χ0) is 11.8. The van der Waals surface area contributed by atoms with Crippen molar-refractivity contribution in [3.63, 3.8) is 0 Å². The molecule has 7 heteroatoms. The van der Waals surface area contributed by atoms with Crippen LogP contribution in [0.1, 0.15) is 9.88 Å². The minimum absolute atomic E-state index is 0.398. The van der Waals surface area contributed by atoms with Gasteiger partial charge in [0, 0.05) is 22.5 Å². The number of hydrogen-bond acceptors (Lipinski definition) is 4. The number of alkyl halides is 3. The molecular formula is C9H7F3N2S2. The summed E-state index contributed by atoms with van der Waals surface area (Å²) in [5.74, 6) is 0. The van der Waals surface area contributed by atoms with Crippen molar-refractivity contribution in [2.75, 3.05) is 0 Å². The summed E-state index contributed by atoms with van der Waals surface area (Å²) < 4.78 is 37.0. The molecule has 2 rings (SSSR count). The van der Waals surface area contributed by atoms with Crippen molar-refractivity contribution >= 4 is 22.7 Å². The Kier molecular flexibility index (Phi) is 3.00. The second-order valence-corrected chi connectivity index (χ2v) is 5.20. The first-order valence-electron chi connectivity index (χ1n) is 4.33. The summed E-state index contributed by atoms with van der Waals surface area (Å²) in [7, 11) is 0. The molecule has 16 heavy (non-hydrogen) atoms. The lowest BCUT2D eigenvalue weighted by Gasteiger charge is -1.98. The van der Waals surface area contributed by atoms with Crippen molar-refractivity contribution in [3.8, 4) is 9.75 Å². The van der Waals surface area contributed by atoms with Gasteiger partial charge in [-0.3, -0.25) is 0 Å². The van der Waals surface area contributed by atoms with Gasteiger partial charge in [-0.15, -0.1) is 22.7 Å². The van der Waals surface area contributed by atoms with E-state index < -0.39 is 11.2 Å². The van der Waals surface area contributed by atoms with Gasteiger partial charge in [0.2, 0.25) is 0 Å². The van der Waals surface area contributed by atoms with Gasteiger partial charge in [-0.1, -0.05) is 0 Å². The Labute approximate surface area is 97.6 Å². The highest BCUT2D eigenvalue weighted by Gasteiger charge is 2.34. The van der Waals surface area contributed by atoms with Crippen LogP contribution in [0.5, 0.6) is 0 Å². The number of nitrogens with two attached hydrogens (primary N) is 1. The molecule has 0 atom stereocenters. The van der Waals surface area contributed by atoms with Crippen LogP contribution < -0.4 is 5.73 Å². The first kappa shape index (κ1) is 11.6. The van der Waals surface area contributed by atoms with Gasteiger partial charge in [-0.05, 0) is 12.1 Å². The summed E-state index contributed by atoms with van der Waals surface area (Å²) in [6.45, 7) is 0.398. The van der Waals surface area contributed by atoms with E-state index in [2.05, 4.69) is 4.98 Å². The zero-order valence-corrected chi connectivity index (χ0v) is 9.55. The number of aromatic nitrogens is 1. The van der Waals surface area contributed by atoms with Gasteiger partial charge in [0.1, 0.15) is 0 Å². The molecule has 0 aliphatic rings. The smallest absolute Gasteiger partial charge is 0.326 e. The lowest BCUT2D eigenvalue weighted by atomic mass is 10.4. The monoisotopic (exact) mass is 264 g/mol. The Morgan fingerprint density at radius 1 is 1.19 bits per heavy atom. The fraction of sp³-hybridized carbons (Fsp3) is 0.222. The second-order valence-electron chi connectivity index (χ2n) is 3.00. The zero-order valence-electron chi connectivity index (χ0n) is 7.91. The highest BCUT2D eigenvalue weighted by molar-refractivity contribution is 7.22. The molecule has 2 aromatic heterocycles. The van der Waals surface area contributed by atoms with Crippen molar-refractivity contribution < 1.29 is 13.2 Å². The van der Waals surface area contributed by atoms with Gasteiger partial charge in [-0.2, -0.15) is 13.2 Å². The molecule has 0 saturated carbocycles. The molecule has 86 valence electrons. The van der Waals surface area contributed by atoms with E-state index in [0.717, 1.165) is 9.75 Å². The molecule has 0 unspecified atom stereocenters. The Hall–Kier alpha value is -0.920. The summed E-state index contributed by atoms with van der Waals surface area (Å²) in [5, 5.41) is -0.815. The Morgan fingerprint density at radius 3 is 2.44 bits per heavy atom. The van der Waals surface area contributed by atoms with E-state index in [0.29, 0.717) is 22.8 Å². The molecule has 0 aromatic carbocycles. The van der Waals surface area contributed by atoms with Gasteiger partial charge in [0.05, 0.1) is 4.88 Å². The van der Waals surface area contributed by atoms with Gasteiger partial charge >= 0.3 is 6.18 Å². The minimum atomic E-state index is -4.36. The predicted octanol–water partition coefficient (Wildman–Crippen LogP) is 3.35. The third kappa shape index (κ3) is 2.26. The molecule has 0 spiro atoms. The molecule has 2 N–H and O–H groups in total. The number of halogens is 3. The van der Waals surface area contributed by atoms with Crippen LogP contribution in [0.25, 0.3) is 9.75 Å². The van der Waals surface area contributed by atoms with Crippen molar-refractivity contribution in [1.29, 1.82) is 0 Å². The Balaban J connectivity index is 2.31. The van der Waals surface area contributed by atoms with E-state index in [4.69, 9.17) is 5.73 Å². The first-order chi connectivity index (χ1) is 7.50. The van der Waals surface area contributed by atoms with Crippen molar-refractivity contribution in [2.24, 2.45) is 5.73 Å². The van der Waals surface area contributed by atoms with E-state index in [1.54, 1.807) is 6.07 Å². The van der Waals surface area contributed by atoms with Crippen molar-refractivity contribution in [2.45, 2.75) is 12.7 Å². The summed E-state index contributed by atoms with van der Waals surface area (Å²) in [6, 6.07) is 3.58. The molecule has 2 nitrogen and oxygen atoms in total. The van der Waals surface area contributed by atoms with Crippen LogP contribution in [0.4, 0.5) is 13.2 Å². The average molecular weight is 264 g/mol. The van der Waals surface area contributed by atoms with E-state index in [1.165, 1.54) is 17.5 Å². The van der Waals surface area contributed by atoms with Crippen LogP contribution in [-0.4, -0.2) is 4.98 Å². The van der Waals surface area contributed by atoms with E-state index in [9.17, 15) is 13.2 Å². The molecule has 0 fully saturated rings. The lowest BCUT2D eigenvalue weighted by Crippen LogP contribution is -2.02. The van der Waals surface area contributed by atoms with Gasteiger partial charge in [0.25, 0.3) is 0 Å². The maximum absolute atomic E-state index is 12.3. The van der Waals surface area contributed by atoms with Crippen LogP contribution >= 0.6 is 22.7 Å². The van der Waals surface area contributed by atoms with Gasteiger partial charge < -0.3 is 5.73 Å². The Morgan fingerprint density at radius 2 is 1.94 bits per heavy atom. The van der Waals surface area contributed by atoms with Gasteiger partial charge in [-0.25, -0.2) is 4.98 Å². The van der Waals surface area contributed by atoms with Crippen molar-refractivity contribution in [3.05, 3.63) is 28.2 Å². The largest absolute Gasteiger partial charge is 0.443 e. The van der Waals surface area contributed by atoms with Crippen LogP contribution in [0.2, 0.25) is 0 Å². The first-order valence-corrected chi connectivity index (χ1v) is 5.96. The van der Waals surface area contributed by atoms with Crippen LogP contribution in [0.3, 0.4) is 0 Å². The second kappa shape index (κ2) is 4.15. The topological polar surface area (TPSA) is 38.9 Å². The molecule has 2 aromatic rings. The summed E-state index contributed by atoms with van der Waals surface area (Å²) in [6.07, 6.45) is -3.11. The lowest BCUT2D eigenvalue weighted by molar-refractivity contribution is -0.137. The minimum Gasteiger partial charge on any atom is -0.326 e. The number of thiazole rings is 1. The summed E-state index contributed by atoms with van der Waals surface area (Å²) in [5.41, 5.74) is 5.43. The molecule has 0 saturated heterocycles. The standard InChI is InChI=1S/C9H7F3N2S2/c10-9(11,12)8-14-4-7(16-8)6-2-1-5(3-13)15-6/h1-2,4H,3,13H2. The molecular weight excluding hydrogens is 257 g/mol. The maximum Gasteiger partial charge on any atom is 0.443 e.